The van der Waals surface area contributed by atoms with Crippen molar-refractivity contribution in [1.29, 1.82) is 5.26 Å². The highest BCUT2D eigenvalue weighted by Gasteiger charge is 2.21. The Labute approximate surface area is 109 Å². The highest BCUT2D eigenvalue weighted by atomic mass is 15.2. The van der Waals surface area contributed by atoms with Crippen LogP contribution in [0.2, 0.25) is 0 Å². The van der Waals surface area contributed by atoms with Crippen LogP contribution >= 0.6 is 0 Å². The summed E-state index contributed by atoms with van der Waals surface area (Å²) in [6, 6.07) is 10.8. The van der Waals surface area contributed by atoms with Crippen LogP contribution in [0.3, 0.4) is 0 Å². The van der Waals surface area contributed by atoms with Gasteiger partial charge in [0.05, 0.1) is 11.6 Å². The summed E-state index contributed by atoms with van der Waals surface area (Å²) in [5.74, 6) is 0. The van der Waals surface area contributed by atoms with E-state index in [9.17, 15) is 0 Å². The summed E-state index contributed by atoms with van der Waals surface area (Å²) in [4.78, 5) is 2.54. The standard InChI is InChI=1S/C15H21N3/c1-2-4-15(18-9-7-17-8-10-18)14-6-3-5-13(11-14)12-16/h3,5-6,11,15,17H,2,4,7-10H2,1H3/t15-/m0/s1. The van der Waals surface area contributed by atoms with Gasteiger partial charge in [0.1, 0.15) is 0 Å². The Morgan fingerprint density at radius 2 is 2.17 bits per heavy atom. The van der Waals surface area contributed by atoms with Gasteiger partial charge < -0.3 is 5.32 Å². The van der Waals surface area contributed by atoms with Crippen LogP contribution in [0.1, 0.15) is 36.9 Å². The zero-order valence-corrected chi connectivity index (χ0v) is 11.0. The number of nitriles is 1. The molecule has 0 amide bonds. The molecule has 1 fully saturated rings. The highest BCUT2D eigenvalue weighted by Crippen LogP contribution is 2.26. The number of piperazine rings is 1. The summed E-state index contributed by atoms with van der Waals surface area (Å²) in [7, 11) is 0. The van der Waals surface area contributed by atoms with Crippen LogP contribution in [0, 0.1) is 11.3 Å². The van der Waals surface area contributed by atoms with Crippen molar-refractivity contribution in [3.05, 3.63) is 35.4 Å². The monoisotopic (exact) mass is 243 g/mol. The van der Waals surface area contributed by atoms with Crippen molar-refractivity contribution in [3.8, 4) is 6.07 Å². The summed E-state index contributed by atoms with van der Waals surface area (Å²) in [5, 5.41) is 12.4. The molecule has 1 N–H and O–H groups in total. The van der Waals surface area contributed by atoms with Gasteiger partial charge in [-0.3, -0.25) is 4.90 Å². The van der Waals surface area contributed by atoms with Crippen molar-refractivity contribution in [2.75, 3.05) is 26.2 Å². The van der Waals surface area contributed by atoms with E-state index in [0.29, 0.717) is 6.04 Å². The topological polar surface area (TPSA) is 39.1 Å². The molecule has 1 atom stereocenters. The predicted molar refractivity (Wildman–Crippen MR) is 73.2 cm³/mol. The molecule has 0 aromatic heterocycles. The van der Waals surface area contributed by atoms with E-state index < -0.39 is 0 Å². The maximum absolute atomic E-state index is 9.01. The molecular formula is C15H21N3. The average Bonchev–Trinajstić information content (AvgIpc) is 2.46. The summed E-state index contributed by atoms with van der Waals surface area (Å²) < 4.78 is 0. The fourth-order valence-electron chi connectivity index (χ4n) is 2.64. The number of hydrogen-bond acceptors (Lipinski definition) is 3. The van der Waals surface area contributed by atoms with E-state index in [-0.39, 0.29) is 0 Å². The predicted octanol–water partition coefficient (Wildman–Crippen LogP) is 2.30. The molecule has 0 unspecified atom stereocenters. The minimum absolute atomic E-state index is 0.463. The third-order valence-electron chi connectivity index (χ3n) is 3.55. The molecule has 0 aliphatic carbocycles. The number of hydrogen-bond donors (Lipinski definition) is 1. The first-order valence-corrected chi connectivity index (χ1v) is 6.80. The van der Waals surface area contributed by atoms with Crippen LogP contribution in [0.25, 0.3) is 0 Å². The van der Waals surface area contributed by atoms with Crippen molar-refractivity contribution in [2.24, 2.45) is 0 Å². The molecule has 1 aromatic rings. The minimum atomic E-state index is 0.463. The largest absolute Gasteiger partial charge is 0.314 e. The van der Waals surface area contributed by atoms with Gasteiger partial charge in [0.25, 0.3) is 0 Å². The molecule has 1 heterocycles. The Balaban J connectivity index is 2.19. The van der Waals surface area contributed by atoms with E-state index in [1.165, 1.54) is 12.0 Å². The maximum atomic E-state index is 9.01. The minimum Gasteiger partial charge on any atom is -0.314 e. The zero-order valence-electron chi connectivity index (χ0n) is 11.0. The summed E-state index contributed by atoms with van der Waals surface area (Å²) in [6.07, 6.45) is 2.33. The van der Waals surface area contributed by atoms with Gasteiger partial charge in [-0.05, 0) is 24.1 Å². The van der Waals surface area contributed by atoms with Gasteiger partial charge in [-0.1, -0.05) is 25.5 Å². The first-order chi connectivity index (χ1) is 8.85. The van der Waals surface area contributed by atoms with E-state index in [1.807, 2.05) is 18.2 Å². The summed E-state index contributed by atoms with van der Waals surface area (Å²) in [5.41, 5.74) is 2.06. The van der Waals surface area contributed by atoms with Crippen molar-refractivity contribution < 1.29 is 0 Å². The third kappa shape index (κ3) is 3.10. The average molecular weight is 243 g/mol. The van der Waals surface area contributed by atoms with Crippen molar-refractivity contribution >= 4 is 0 Å². The molecule has 1 aromatic carbocycles. The third-order valence-corrected chi connectivity index (χ3v) is 3.55. The molecule has 2 rings (SSSR count). The van der Waals surface area contributed by atoms with Crippen LogP contribution in [-0.4, -0.2) is 31.1 Å². The van der Waals surface area contributed by atoms with Gasteiger partial charge >= 0.3 is 0 Å². The van der Waals surface area contributed by atoms with Gasteiger partial charge in [-0.15, -0.1) is 0 Å². The number of nitrogens with zero attached hydrogens (tertiary/aromatic N) is 2. The molecule has 3 heteroatoms. The molecule has 96 valence electrons. The number of rotatable bonds is 4. The Kier molecular flexibility index (Phi) is 4.74. The number of nitrogens with one attached hydrogen (secondary N) is 1. The Bertz CT molecular complexity index is 416. The van der Waals surface area contributed by atoms with Crippen molar-refractivity contribution in [3.63, 3.8) is 0 Å². The van der Waals surface area contributed by atoms with Crippen LogP contribution in [-0.2, 0) is 0 Å². The Morgan fingerprint density at radius 3 is 2.83 bits per heavy atom. The SMILES string of the molecule is CCC[C@@H](c1cccc(C#N)c1)N1CCNCC1. The Hall–Kier alpha value is -1.37. The first-order valence-electron chi connectivity index (χ1n) is 6.80. The van der Waals surface area contributed by atoms with E-state index >= 15 is 0 Å². The first kappa shape index (κ1) is 13.1. The number of benzene rings is 1. The quantitative estimate of drug-likeness (QED) is 0.882. The second-order valence-corrected chi connectivity index (χ2v) is 4.83. The molecule has 1 saturated heterocycles. The Morgan fingerprint density at radius 1 is 1.39 bits per heavy atom. The van der Waals surface area contributed by atoms with Gasteiger partial charge in [0.2, 0.25) is 0 Å². The van der Waals surface area contributed by atoms with Crippen LogP contribution in [0.15, 0.2) is 24.3 Å². The molecule has 18 heavy (non-hydrogen) atoms. The maximum Gasteiger partial charge on any atom is 0.0991 e. The zero-order chi connectivity index (χ0) is 12.8. The molecule has 0 saturated carbocycles. The molecular weight excluding hydrogens is 222 g/mol. The molecule has 3 nitrogen and oxygen atoms in total. The van der Waals surface area contributed by atoms with Gasteiger partial charge in [0, 0.05) is 32.2 Å². The fourth-order valence-corrected chi connectivity index (χ4v) is 2.64. The normalized spacial score (nSPS) is 18.2. The highest BCUT2D eigenvalue weighted by molar-refractivity contribution is 5.34. The lowest BCUT2D eigenvalue weighted by Gasteiger charge is -2.35. The van der Waals surface area contributed by atoms with Crippen LogP contribution < -0.4 is 5.32 Å². The van der Waals surface area contributed by atoms with Crippen molar-refractivity contribution in [2.45, 2.75) is 25.8 Å². The second-order valence-electron chi connectivity index (χ2n) is 4.83. The van der Waals surface area contributed by atoms with E-state index in [0.717, 1.165) is 38.2 Å². The van der Waals surface area contributed by atoms with Crippen LogP contribution in [0.4, 0.5) is 0 Å². The molecule has 0 radical (unpaired) electrons. The second kappa shape index (κ2) is 6.53. The molecule has 1 aliphatic rings. The fraction of sp³-hybridized carbons (Fsp3) is 0.533. The van der Waals surface area contributed by atoms with Crippen molar-refractivity contribution in [1.82, 2.24) is 10.2 Å². The van der Waals surface area contributed by atoms with Crippen LogP contribution in [0.5, 0.6) is 0 Å². The molecule has 0 bridgehead atoms. The summed E-state index contributed by atoms with van der Waals surface area (Å²) >= 11 is 0. The molecule has 0 spiro atoms. The molecule has 1 aliphatic heterocycles. The van der Waals surface area contributed by atoms with Gasteiger partial charge in [0.15, 0.2) is 0 Å². The lowest BCUT2D eigenvalue weighted by atomic mass is 9.98. The smallest absolute Gasteiger partial charge is 0.0991 e. The van der Waals surface area contributed by atoms with E-state index in [1.54, 1.807) is 0 Å². The van der Waals surface area contributed by atoms with E-state index in [4.69, 9.17) is 5.26 Å². The lowest BCUT2D eigenvalue weighted by molar-refractivity contribution is 0.164. The van der Waals surface area contributed by atoms with E-state index in [2.05, 4.69) is 29.3 Å². The lowest BCUT2D eigenvalue weighted by Crippen LogP contribution is -2.45. The van der Waals surface area contributed by atoms with Gasteiger partial charge in [-0.25, -0.2) is 0 Å². The summed E-state index contributed by atoms with van der Waals surface area (Å²) in [6.45, 7) is 6.56. The van der Waals surface area contributed by atoms with Gasteiger partial charge in [-0.2, -0.15) is 5.26 Å².